The third-order valence-electron chi connectivity index (χ3n) is 4.38. The molecule has 0 aliphatic heterocycles. The molecule has 0 heterocycles. The van der Waals surface area contributed by atoms with Gasteiger partial charge in [-0.25, -0.2) is 8.78 Å². The Balaban J connectivity index is 2.20. The zero-order valence-electron chi connectivity index (χ0n) is 12.7. The van der Waals surface area contributed by atoms with Gasteiger partial charge in [-0.05, 0) is 59.4 Å². The summed E-state index contributed by atoms with van der Waals surface area (Å²) in [5, 5.41) is 0. The number of carbonyl (C=O) groups excluding carboxylic acids is 1. The molecule has 1 aliphatic carbocycles. The Morgan fingerprint density at radius 3 is 2.00 bits per heavy atom. The zero-order chi connectivity index (χ0) is 16.6. The summed E-state index contributed by atoms with van der Waals surface area (Å²) in [5.41, 5.74) is 9.26. The van der Waals surface area contributed by atoms with Gasteiger partial charge in [0.05, 0.1) is 7.11 Å². The molecule has 0 amide bonds. The van der Waals surface area contributed by atoms with Crippen LogP contribution >= 0.6 is 0 Å². The molecule has 0 saturated heterocycles. The van der Waals surface area contributed by atoms with Crippen LogP contribution in [0.1, 0.15) is 28.2 Å². The number of benzene rings is 2. The van der Waals surface area contributed by atoms with E-state index in [1.165, 1.54) is 31.4 Å². The van der Waals surface area contributed by atoms with E-state index in [0.29, 0.717) is 12.8 Å². The Morgan fingerprint density at radius 1 is 1.09 bits per heavy atom. The molecular formula is C18H17F2NO2. The van der Waals surface area contributed by atoms with E-state index < -0.39 is 17.9 Å². The maximum absolute atomic E-state index is 13.6. The van der Waals surface area contributed by atoms with Gasteiger partial charge in [-0.15, -0.1) is 0 Å². The fraction of sp³-hybridized carbons (Fsp3) is 0.278. The van der Waals surface area contributed by atoms with Crippen molar-refractivity contribution in [1.29, 1.82) is 0 Å². The van der Waals surface area contributed by atoms with Crippen molar-refractivity contribution >= 4 is 5.97 Å². The second kappa shape index (κ2) is 6.08. The lowest BCUT2D eigenvalue weighted by atomic mass is 9.83. The first-order chi connectivity index (χ1) is 11.0. The molecule has 2 N–H and O–H groups in total. The molecule has 0 saturated carbocycles. The van der Waals surface area contributed by atoms with Crippen LogP contribution in [0.2, 0.25) is 0 Å². The van der Waals surface area contributed by atoms with Gasteiger partial charge in [0.25, 0.3) is 0 Å². The molecule has 2 aromatic carbocycles. The second-order valence-corrected chi connectivity index (χ2v) is 5.71. The Labute approximate surface area is 133 Å². The zero-order valence-corrected chi connectivity index (χ0v) is 12.7. The third kappa shape index (κ3) is 2.84. The number of carbonyl (C=O) groups is 1. The predicted octanol–water partition coefficient (Wildman–Crippen LogP) is 2.70. The van der Waals surface area contributed by atoms with E-state index in [1.807, 2.05) is 0 Å². The van der Waals surface area contributed by atoms with E-state index in [0.717, 1.165) is 22.3 Å². The molecule has 1 aliphatic rings. The minimum atomic E-state index is -0.938. The highest BCUT2D eigenvalue weighted by atomic mass is 19.1. The smallest absolute Gasteiger partial charge is 0.323 e. The van der Waals surface area contributed by atoms with E-state index in [-0.39, 0.29) is 11.6 Å². The van der Waals surface area contributed by atoms with Crippen LogP contribution in [0, 0.1) is 11.6 Å². The fourth-order valence-electron chi connectivity index (χ4n) is 3.28. The van der Waals surface area contributed by atoms with Crippen molar-refractivity contribution in [3.63, 3.8) is 0 Å². The van der Waals surface area contributed by atoms with Gasteiger partial charge in [0, 0.05) is 5.92 Å². The van der Waals surface area contributed by atoms with Gasteiger partial charge in [0.1, 0.15) is 17.7 Å². The summed E-state index contributed by atoms with van der Waals surface area (Å²) in [6.45, 7) is 0. The minimum absolute atomic E-state index is 0.341. The standard InChI is InChI=1S/C18H17F2NO2/c1-23-18(22)17(21)16-14-6-4-12(19)8-10(14)2-3-11-9-13(20)5-7-15(11)16/h4-9,16-17H,2-3,21H2,1H3. The maximum atomic E-state index is 13.6. The molecule has 0 bridgehead atoms. The molecule has 2 aromatic rings. The molecule has 23 heavy (non-hydrogen) atoms. The first kappa shape index (κ1) is 15.6. The summed E-state index contributed by atoms with van der Waals surface area (Å²) in [6.07, 6.45) is 1.13. The quantitative estimate of drug-likeness (QED) is 0.867. The van der Waals surface area contributed by atoms with Gasteiger partial charge in [0.15, 0.2) is 0 Å². The van der Waals surface area contributed by atoms with Gasteiger partial charge in [-0.2, -0.15) is 0 Å². The van der Waals surface area contributed by atoms with Gasteiger partial charge >= 0.3 is 5.97 Å². The Kier molecular flexibility index (Phi) is 4.13. The predicted molar refractivity (Wildman–Crippen MR) is 82.0 cm³/mol. The van der Waals surface area contributed by atoms with Crippen molar-refractivity contribution in [3.8, 4) is 0 Å². The first-order valence-electron chi connectivity index (χ1n) is 7.41. The number of rotatable bonds is 2. The third-order valence-corrected chi connectivity index (χ3v) is 4.38. The summed E-state index contributed by atoms with van der Waals surface area (Å²) >= 11 is 0. The number of esters is 1. The number of nitrogens with two attached hydrogens (primary N) is 1. The summed E-state index contributed by atoms with van der Waals surface area (Å²) in [6, 6.07) is 7.97. The molecule has 1 atom stereocenters. The van der Waals surface area contributed by atoms with Crippen LogP contribution < -0.4 is 5.73 Å². The highest BCUT2D eigenvalue weighted by Gasteiger charge is 2.33. The fourth-order valence-corrected chi connectivity index (χ4v) is 3.28. The monoisotopic (exact) mass is 317 g/mol. The number of hydrogen-bond acceptors (Lipinski definition) is 3. The maximum Gasteiger partial charge on any atom is 0.323 e. The average Bonchev–Trinajstić information content (AvgIpc) is 2.69. The summed E-state index contributed by atoms with van der Waals surface area (Å²) in [7, 11) is 1.27. The van der Waals surface area contributed by atoms with Crippen LogP contribution in [0.3, 0.4) is 0 Å². The molecule has 0 spiro atoms. The number of methoxy groups -OCH3 is 1. The summed E-state index contributed by atoms with van der Waals surface area (Å²) in [4.78, 5) is 12.0. The SMILES string of the molecule is COC(=O)C(N)C1c2ccc(F)cc2CCc2cc(F)ccc21. The summed E-state index contributed by atoms with van der Waals surface area (Å²) < 4.78 is 32.0. The number of halogens is 2. The van der Waals surface area contributed by atoms with Crippen LogP contribution in [-0.2, 0) is 22.4 Å². The molecule has 5 heteroatoms. The van der Waals surface area contributed by atoms with Crippen molar-refractivity contribution in [2.75, 3.05) is 7.11 Å². The lowest BCUT2D eigenvalue weighted by molar-refractivity contribution is -0.142. The van der Waals surface area contributed by atoms with Crippen molar-refractivity contribution < 1.29 is 18.3 Å². The molecule has 0 aromatic heterocycles. The largest absolute Gasteiger partial charge is 0.468 e. The minimum Gasteiger partial charge on any atom is -0.468 e. The van der Waals surface area contributed by atoms with Crippen molar-refractivity contribution in [3.05, 3.63) is 70.3 Å². The molecule has 1 unspecified atom stereocenters. The van der Waals surface area contributed by atoms with E-state index in [1.54, 1.807) is 12.1 Å². The summed E-state index contributed by atoms with van der Waals surface area (Å²) in [5.74, 6) is -1.73. The number of hydrogen-bond donors (Lipinski definition) is 1. The molecular weight excluding hydrogens is 300 g/mol. The lowest BCUT2D eigenvalue weighted by Crippen LogP contribution is -2.38. The van der Waals surface area contributed by atoms with Gasteiger partial charge in [0.2, 0.25) is 0 Å². The van der Waals surface area contributed by atoms with Crippen LogP contribution in [0.5, 0.6) is 0 Å². The Hall–Kier alpha value is -2.27. The molecule has 3 rings (SSSR count). The number of fused-ring (bicyclic) bond motifs is 2. The Morgan fingerprint density at radius 2 is 1.57 bits per heavy atom. The normalized spacial score (nSPS) is 15.3. The van der Waals surface area contributed by atoms with E-state index >= 15 is 0 Å². The van der Waals surface area contributed by atoms with E-state index in [4.69, 9.17) is 10.5 Å². The second-order valence-electron chi connectivity index (χ2n) is 5.71. The first-order valence-corrected chi connectivity index (χ1v) is 7.41. The van der Waals surface area contributed by atoms with Gasteiger partial charge < -0.3 is 10.5 Å². The van der Waals surface area contributed by atoms with E-state index in [2.05, 4.69) is 0 Å². The van der Waals surface area contributed by atoms with E-state index in [9.17, 15) is 13.6 Å². The highest BCUT2D eigenvalue weighted by Crippen LogP contribution is 2.37. The van der Waals surface area contributed by atoms with Gasteiger partial charge in [-0.1, -0.05) is 12.1 Å². The average molecular weight is 317 g/mol. The molecule has 120 valence electrons. The van der Waals surface area contributed by atoms with Crippen LogP contribution in [0.4, 0.5) is 8.78 Å². The van der Waals surface area contributed by atoms with Crippen molar-refractivity contribution in [2.24, 2.45) is 5.73 Å². The van der Waals surface area contributed by atoms with Crippen LogP contribution in [0.15, 0.2) is 36.4 Å². The van der Waals surface area contributed by atoms with Crippen molar-refractivity contribution in [1.82, 2.24) is 0 Å². The highest BCUT2D eigenvalue weighted by molar-refractivity contribution is 5.78. The lowest BCUT2D eigenvalue weighted by Gasteiger charge is -2.25. The molecule has 0 radical (unpaired) electrons. The Bertz CT molecular complexity index is 707. The number of ether oxygens (including phenoxy) is 1. The van der Waals surface area contributed by atoms with Crippen LogP contribution in [0.25, 0.3) is 0 Å². The van der Waals surface area contributed by atoms with Crippen LogP contribution in [-0.4, -0.2) is 19.1 Å². The van der Waals surface area contributed by atoms with Crippen molar-refractivity contribution in [2.45, 2.75) is 24.8 Å². The van der Waals surface area contributed by atoms with Gasteiger partial charge in [-0.3, -0.25) is 4.79 Å². The molecule has 3 nitrogen and oxygen atoms in total. The molecule has 0 fully saturated rings. The number of aryl methyl sites for hydroxylation is 2. The topological polar surface area (TPSA) is 52.3 Å².